The molecule has 2 aromatic carbocycles. The average molecular weight is 380 g/mol. The Bertz CT molecular complexity index is 886. The highest BCUT2D eigenvalue weighted by atomic mass is 32.1. The lowest BCUT2D eigenvalue weighted by atomic mass is 10.1. The summed E-state index contributed by atoms with van der Waals surface area (Å²) >= 11 is 1.75. The molecule has 0 spiro atoms. The summed E-state index contributed by atoms with van der Waals surface area (Å²) in [6.45, 7) is 3.54. The van der Waals surface area contributed by atoms with E-state index in [2.05, 4.69) is 47.5 Å². The number of carbonyl (C=O) groups excluding carboxylic acids is 1. The molecule has 0 radical (unpaired) electrons. The lowest BCUT2D eigenvalue weighted by molar-refractivity contribution is -0.117. The zero-order valence-electron chi connectivity index (χ0n) is 15.6. The number of carbonyl (C=O) groups is 1. The molecule has 1 atom stereocenters. The van der Waals surface area contributed by atoms with E-state index in [0.717, 1.165) is 48.4 Å². The Labute approximate surface area is 164 Å². The van der Waals surface area contributed by atoms with Gasteiger partial charge in [-0.2, -0.15) is 0 Å². The summed E-state index contributed by atoms with van der Waals surface area (Å²) in [5.74, 6) is 0.0475. The second-order valence-electron chi connectivity index (χ2n) is 7.14. The van der Waals surface area contributed by atoms with Crippen LogP contribution >= 0.6 is 11.3 Å². The molecule has 2 heterocycles. The summed E-state index contributed by atoms with van der Waals surface area (Å²) in [6.07, 6.45) is 4.39. The summed E-state index contributed by atoms with van der Waals surface area (Å²) in [6, 6.07) is 16.7. The van der Waals surface area contributed by atoms with Crippen molar-refractivity contribution >= 4 is 33.1 Å². The molecule has 3 aromatic rings. The Balaban J connectivity index is 1.40. The number of hydrogen-bond acceptors (Lipinski definition) is 4. The molecular weight excluding hydrogens is 354 g/mol. The largest absolute Gasteiger partial charge is 0.325 e. The summed E-state index contributed by atoms with van der Waals surface area (Å²) in [4.78, 5) is 19.6. The van der Waals surface area contributed by atoms with Gasteiger partial charge in [0.2, 0.25) is 5.91 Å². The zero-order valence-corrected chi connectivity index (χ0v) is 16.5. The van der Waals surface area contributed by atoms with E-state index in [0.29, 0.717) is 6.54 Å². The minimum atomic E-state index is 0.0475. The highest BCUT2D eigenvalue weighted by Gasteiger charge is 2.30. The minimum absolute atomic E-state index is 0.0475. The fourth-order valence-electron chi connectivity index (χ4n) is 3.76. The molecule has 1 aromatic heterocycles. The minimum Gasteiger partial charge on any atom is -0.325 e. The van der Waals surface area contributed by atoms with Gasteiger partial charge in [-0.1, -0.05) is 37.6 Å². The number of likely N-dealkylation sites (tertiary alicyclic amines) is 1. The van der Waals surface area contributed by atoms with E-state index in [-0.39, 0.29) is 11.9 Å². The number of benzene rings is 2. The normalized spacial score (nSPS) is 17.4. The van der Waals surface area contributed by atoms with Crippen molar-refractivity contribution in [2.45, 2.75) is 38.6 Å². The molecule has 0 bridgehead atoms. The van der Waals surface area contributed by atoms with E-state index in [9.17, 15) is 4.79 Å². The SMILES string of the molecule is CCCc1ccc(NC(=O)CN2CCCC2c2nc3ccccc3s2)cc1. The molecule has 1 aliphatic heterocycles. The quantitative estimate of drug-likeness (QED) is 0.654. The van der Waals surface area contributed by atoms with Crippen LogP contribution in [0, 0.1) is 0 Å². The fraction of sp³-hybridized carbons (Fsp3) is 0.364. The van der Waals surface area contributed by atoms with Crippen LogP contribution in [0.15, 0.2) is 48.5 Å². The molecular formula is C22H25N3OS. The van der Waals surface area contributed by atoms with Crippen LogP contribution < -0.4 is 5.32 Å². The van der Waals surface area contributed by atoms with Crippen molar-refractivity contribution in [1.29, 1.82) is 0 Å². The van der Waals surface area contributed by atoms with E-state index in [4.69, 9.17) is 4.98 Å². The molecule has 1 amide bonds. The van der Waals surface area contributed by atoms with Gasteiger partial charge in [-0.15, -0.1) is 11.3 Å². The third-order valence-electron chi connectivity index (χ3n) is 5.08. The van der Waals surface area contributed by atoms with E-state index >= 15 is 0 Å². The molecule has 27 heavy (non-hydrogen) atoms. The van der Waals surface area contributed by atoms with Gasteiger partial charge >= 0.3 is 0 Å². The maximum Gasteiger partial charge on any atom is 0.238 e. The first-order valence-corrected chi connectivity index (χ1v) is 10.5. The molecule has 1 aliphatic rings. The van der Waals surface area contributed by atoms with Crippen molar-refractivity contribution in [2.24, 2.45) is 0 Å². The van der Waals surface area contributed by atoms with Crippen LogP contribution in [0.1, 0.15) is 42.8 Å². The average Bonchev–Trinajstić information content (AvgIpc) is 3.29. The third kappa shape index (κ3) is 4.20. The fourth-order valence-corrected chi connectivity index (χ4v) is 4.89. The maximum absolute atomic E-state index is 12.6. The van der Waals surface area contributed by atoms with Gasteiger partial charge in [-0.05, 0) is 55.6 Å². The Morgan fingerprint density at radius 2 is 2.04 bits per heavy atom. The molecule has 4 nitrogen and oxygen atoms in total. The topological polar surface area (TPSA) is 45.2 Å². The number of nitrogens with zero attached hydrogens (tertiary/aromatic N) is 2. The first kappa shape index (κ1) is 18.1. The molecule has 1 fully saturated rings. The number of anilines is 1. The van der Waals surface area contributed by atoms with Gasteiger partial charge in [-0.3, -0.25) is 9.69 Å². The van der Waals surface area contributed by atoms with E-state index in [1.807, 2.05) is 18.2 Å². The van der Waals surface area contributed by atoms with Gasteiger partial charge < -0.3 is 5.32 Å². The first-order valence-electron chi connectivity index (χ1n) is 9.71. The number of nitrogens with one attached hydrogen (secondary N) is 1. The van der Waals surface area contributed by atoms with Crippen molar-refractivity contribution in [2.75, 3.05) is 18.4 Å². The first-order chi connectivity index (χ1) is 13.2. The second kappa shape index (κ2) is 8.19. The number of aryl methyl sites for hydroxylation is 1. The molecule has 4 rings (SSSR count). The van der Waals surface area contributed by atoms with Crippen molar-refractivity contribution < 1.29 is 4.79 Å². The van der Waals surface area contributed by atoms with Gasteiger partial charge in [0.25, 0.3) is 0 Å². The number of fused-ring (bicyclic) bond motifs is 1. The summed E-state index contributed by atoms with van der Waals surface area (Å²) in [5, 5.41) is 4.17. The number of amides is 1. The Hall–Kier alpha value is -2.24. The number of hydrogen-bond donors (Lipinski definition) is 1. The third-order valence-corrected chi connectivity index (χ3v) is 6.22. The maximum atomic E-state index is 12.6. The predicted octanol–water partition coefficient (Wildman–Crippen LogP) is 5.02. The molecule has 0 saturated carbocycles. The molecule has 1 unspecified atom stereocenters. The van der Waals surface area contributed by atoms with Crippen LogP contribution in [0.2, 0.25) is 0 Å². The van der Waals surface area contributed by atoms with E-state index in [1.54, 1.807) is 11.3 Å². The van der Waals surface area contributed by atoms with Crippen molar-refractivity contribution in [3.63, 3.8) is 0 Å². The van der Waals surface area contributed by atoms with Crippen molar-refractivity contribution in [3.05, 3.63) is 59.1 Å². The van der Waals surface area contributed by atoms with Gasteiger partial charge in [0.15, 0.2) is 0 Å². The summed E-state index contributed by atoms with van der Waals surface area (Å²) in [5.41, 5.74) is 3.24. The van der Waals surface area contributed by atoms with E-state index in [1.165, 1.54) is 10.3 Å². The lowest BCUT2D eigenvalue weighted by Gasteiger charge is -2.22. The van der Waals surface area contributed by atoms with Gasteiger partial charge in [-0.25, -0.2) is 4.98 Å². The van der Waals surface area contributed by atoms with Crippen LogP contribution in [-0.4, -0.2) is 28.9 Å². The molecule has 5 heteroatoms. The van der Waals surface area contributed by atoms with Crippen LogP contribution in [0.5, 0.6) is 0 Å². The monoisotopic (exact) mass is 379 g/mol. The zero-order chi connectivity index (χ0) is 18.6. The van der Waals surface area contributed by atoms with Crippen molar-refractivity contribution in [3.8, 4) is 0 Å². The van der Waals surface area contributed by atoms with Gasteiger partial charge in [0.05, 0.1) is 22.8 Å². The Morgan fingerprint density at radius 1 is 1.22 bits per heavy atom. The number of para-hydroxylation sites is 1. The smallest absolute Gasteiger partial charge is 0.238 e. The Morgan fingerprint density at radius 3 is 2.81 bits per heavy atom. The standard InChI is InChI=1S/C22H25N3OS/c1-2-6-16-10-12-17(13-11-16)23-21(26)15-25-14-5-8-19(25)22-24-18-7-3-4-9-20(18)27-22/h3-4,7,9-13,19H,2,5-6,8,14-15H2,1H3,(H,23,26). The molecule has 1 saturated heterocycles. The van der Waals surface area contributed by atoms with Gasteiger partial charge in [0, 0.05) is 5.69 Å². The van der Waals surface area contributed by atoms with E-state index < -0.39 is 0 Å². The van der Waals surface area contributed by atoms with Crippen LogP contribution in [0.25, 0.3) is 10.2 Å². The van der Waals surface area contributed by atoms with Gasteiger partial charge in [0.1, 0.15) is 5.01 Å². The lowest BCUT2D eigenvalue weighted by Crippen LogP contribution is -2.32. The number of rotatable bonds is 6. The summed E-state index contributed by atoms with van der Waals surface area (Å²) < 4.78 is 1.22. The van der Waals surface area contributed by atoms with Crippen LogP contribution in [-0.2, 0) is 11.2 Å². The summed E-state index contributed by atoms with van der Waals surface area (Å²) in [7, 11) is 0. The van der Waals surface area contributed by atoms with Crippen molar-refractivity contribution in [1.82, 2.24) is 9.88 Å². The highest BCUT2D eigenvalue weighted by Crippen LogP contribution is 2.36. The second-order valence-corrected chi connectivity index (χ2v) is 8.21. The number of aromatic nitrogens is 1. The number of thiazole rings is 1. The Kier molecular flexibility index (Phi) is 5.50. The van der Waals surface area contributed by atoms with Crippen LogP contribution in [0.4, 0.5) is 5.69 Å². The molecule has 140 valence electrons. The highest BCUT2D eigenvalue weighted by molar-refractivity contribution is 7.18. The predicted molar refractivity (Wildman–Crippen MR) is 112 cm³/mol. The van der Waals surface area contributed by atoms with Crippen LogP contribution in [0.3, 0.4) is 0 Å². The molecule has 1 N–H and O–H groups in total. The molecule has 0 aliphatic carbocycles.